The Labute approximate surface area is 377 Å². The molecule has 3 saturated heterocycles. The number of hydrogen-bond donors (Lipinski definition) is 0. The zero-order chi connectivity index (χ0) is 44.7. The topological polar surface area (TPSA) is 147 Å². The summed E-state index contributed by atoms with van der Waals surface area (Å²) in [6.07, 6.45) is -10.3. The molecule has 0 bridgehead atoms. The Balaban J connectivity index is 1.10. The van der Waals surface area contributed by atoms with Gasteiger partial charge in [-0.15, -0.1) is 0 Å². The Morgan fingerprint density at radius 3 is 1.72 bits per heavy atom. The van der Waals surface area contributed by atoms with Gasteiger partial charge in [0.05, 0.1) is 44.2 Å². The first-order valence-electron chi connectivity index (χ1n) is 21.7. The lowest BCUT2D eigenvalue weighted by Gasteiger charge is -2.52. The van der Waals surface area contributed by atoms with Gasteiger partial charge in [0.1, 0.15) is 42.7 Å². The van der Waals surface area contributed by atoms with Gasteiger partial charge in [0, 0.05) is 19.6 Å². The van der Waals surface area contributed by atoms with Gasteiger partial charge in [-0.3, -0.25) is 19.3 Å². The van der Waals surface area contributed by atoms with Gasteiger partial charge in [-0.05, 0) is 28.8 Å². The van der Waals surface area contributed by atoms with Crippen LogP contribution in [0.3, 0.4) is 0 Å². The predicted molar refractivity (Wildman–Crippen MR) is 232 cm³/mol. The zero-order valence-corrected chi connectivity index (χ0v) is 36.0. The van der Waals surface area contributed by atoms with E-state index in [1.807, 2.05) is 121 Å². The van der Waals surface area contributed by atoms with E-state index < -0.39 is 85.4 Å². The van der Waals surface area contributed by atoms with E-state index in [0.717, 1.165) is 27.2 Å². The second kappa shape index (κ2) is 20.7. The second-order valence-electron chi connectivity index (χ2n) is 16.2. The van der Waals surface area contributed by atoms with Crippen molar-refractivity contribution in [3.05, 3.63) is 179 Å². The number of amides is 2. The van der Waals surface area contributed by atoms with Gasteiger partial charge in [0.15, 0.2) is 25.0 Å². The fraction of sp³-hybridized carbons (Fsp3) is 0.353. The first-order valence-corrected chi connectivity index (χ1v) is 21.7. The molecule has 4 heterocycles. The normalized spacial score (nSPS) is 28.6. The number of benzene rings is 5. The van der Waals surface area contributed by atoms with E-state index in [1.54, 1.807) is 24.3 Å². The summed E-state index contributed by atoms with van der Waals surface area (Å²) in [5.41, 5.74) is 3.88. The average molecular weight is 886 g/mol. The van der Waals surface area contributed by atoms with Crippen molar-refractivity contribution in [3.63, 3.8) is 0 Å². The van der Waals surface area contributed by atoms with Gasteiger partial charge in [-0.1, -0.05) is 133 Å². The summed E-state index contributed by atoms with van der Waals surface area (Å²) in [6.45, 7) is 1.75. The van der Waals surface area contributed by atoms with Gasteiger partial charge in [-0.2, -0.15) is 0 Å². The lowest BCUT2D eigenvalue weighted by Crippen LogP contribution is -2.69. The number of methoxy groups -OCH3 is 1. The first-order chi connectivity index (χ1) is 31.9. The summed E-state index contributed by atoms with van der Waals surface area (Å²) in [5, 5.41) is 0. The molecule has 0 aromatic heterocycles. The van der Waals surface area contributed by atoms with Crippen molar-refractivity contribution in [2.24, 2.45) is 0 Å². The van der Waals surface area contributed by atoms with Crippen molar-refractivity contribution in [1.29, 1.82) is 0 Å². The van der Waals surface area contributed by atoms with Crippen LogP contribution in [-0.4, -0.2) is 104 Å². The molecule has 0 saturated carbocycles. The van der Waals surface area contributed by atoms with Gasteiger partial charge in [-0.25, -0.2) is 0 Å². The molecule has 4 aliphatic heterocycles. The molecule has 0 spiro atoms. The minimum atomic E-state index is -1.35. The summed E-state index contributed by atoms with van der Waals surface area (Å²) < 4.78 is 65.5. The number of carbonyl (C=O) groups is 3. The number of carbonyl (C=O) groups excluding carboxylic acids is 3. The van der Waals surface area contributed by atoms with Crippen LogP contribution in [-0.2, 0) is 72.0 Å². The molecule has 65 heavy (non-hydrogen) atoms. The Morgan fingerprint density at radius 1 is 0.615 bits per heavy atom. The number of nitrogens with zero attached hydrogens (tertiary/aromatic N) is 1. The van der Waals surface area contributed by atoms with Gasteiger partial charge < -0.3 is 47.4 Å². The highest BCUT2D eigenvalue weighted by Crippen LogP contribution is 2.41. The standard InChI is InChI=1S/C51H51NO13/c1-32(53)61-46-45(59-29-35-21-11-5-12-22-35)43-40(31-60-49(64-43)36-23-13-6-14-24-36)63-51(46)65-42-39(30-57-27-33-17-7-3-8-18-33)62-50(56-2)41(44(42)58-28-34-19-9-4-10-20-34)52-47(54)37-25-15-16-26-38(37)48(52)55/h3-26,39-46,49-51H,27-31H2,1-2H3/t39-,40-,41-,42-,43+,44-,45-,46+,49+,50-,51+/m1/s1. The summed E-state index contributed by atoms with van der Waals surface area (Å²) in [6, 6.07) is 43.7. The van der Waals surface area contributed by atoms with Crippen LogP contribution in [0.1, 0.15) is 56.2 Å². The number of fused-ring (bicyclic) bond motifs is 2. The molecule has 3 fully saturated rings. The number of hydrogen-bond acceptors (Lipinski definition) is 13. The summed E-state index contributed by atoms with van der Waals surface area (Å²) in [7, 11) is 1.44. The number of imide groups is 1. The zero-order valence-electron chi connectivity index (χ0n) is 36.0. The summed E-state index contributed by atoms with van der Waals surface area (Å²) in [4.78, 5) is 42.9. The van der Waals surface area contributed by atoms with E-state index in [-0.39, 0.29) is 44.2 Å². The van der Waals surface area contributed by atoms with Crippen LogP contribution in [0.5, 0.6) is 0 Å². The SMILES string of the molecule is CO[C@@H]1O[C@H](COCc2ccccc2)[C@@H](O[C@@H]2O[C@@H]3CO[C@H](c4ccccc4)O[C@@H]3[C@@H](OCc3ccccc3)[C@@H]2OC(C)=O)[C@H](OCc2ccccc2)[C@H]1N1C(=O)c2ccccc2C1=O. The Bertz CT molecular complexity index is 2320. The predicted octanol–water partition coefficient (Wildman–Crippen LogP) is 6.57. The van der Waals surface area contributed by atoms with E-state index in [0.29, 0.717) is 0 Å². The van der Waals surface area contributed by atoms with E-state index in [2.05, 4.69) is 0 Å². The van der Waals surface area contributed by atoms with Gasteiger partial charge >= 0.3 is 5.97 Å². The molecular formula is C51H51NO13. The fourth-order valence-corrected chi connectivity index (χ4v) is 8.82. The van der Waals surface area contributed by atoms with Crippen molar-refractivity contribution in [1.82, 2.24) is 4.90 Å². The van der Waals surface area contributed by atoms with Crippen LogP contribution in [0, 0.1) is 0 Å². The van der Waals surface area contributed by atoms with Crippen LogP contribution in [0.15, 0.2) is 146 Å². The molecule has 4 aliphatic rings. The molecule has 9 rings (SSSR count). The molecule has 0 radical (unpaired) electrons. The number of ether oxygens (including phenoxy) is 10. The maximum atomic E-state index is 14.3. The number of esters is 1. The molecule has 0 unspecified atom stereocenters. The Hall–Kier alpha value is -5.65. The summed E-state index contributed by atoms with van der Waals surface area (Å²) >= 11 is 0. The maximum Gasteiger partial charge on any atom is 0.303 e. The quantitative estimate of drug-likeness (QED) is 0.0779. The first kappa shape index (κ1) is 44.5. The molecule has 0 aliphatic carbocycles. The highest BCUT2D eigenvalue weighted by molar-refractivity contribution is 6.21. The van der Waals surface area contributed by atoms with Crippen molar-refractivity contribution >= 4 is 17.8 Å². The van der Waals surface area contributed by atoms with Crippen LogP contribution < -0.4 is 0 Å². The molecule has 5 aromatic carbocycles. The third kappa shape index (κ3) is 9.97. The highest BCUT2D eigenvalue weighted by atomic mass is 16.8. The van der Waals surface area contributed by atoms with Crippen molar-refractivity contribution in [3.8, 4) is 0 Å². The minimum Gasteiger partial charge on any atom is -0.454 e. The van der Waals surface area contributed by atoms with Gasteiger partial charge in [0.25, 0.3) is 11.8 Å². The van der Waals surface area contributed by atoms with Crippen molar-refractivity contribution in [2.75, 3.05) is 20.3 Å². The smallest absolute Gasteiger partial charge is 0.303 e. The fourth-order valence-electron chi connectivity index (χ4n) is 8.82. The summed E-state index contributed by atoms with van der Waals surface area (Å²) in [5.74, 6) is -1.70. The Morgan fingerprint density at radius 2 is 1.15 bits per heavy atom. The molecule has 0 N–H and O–H groups in total. The molecule has 11 atom stereocenters. The van der Waals surface area contributed by atoms with E-state index in [4.69, 9.17) is 47.4 Å². The lowest BCUT2D eigenvalue weighted by atomic mass is 9.93. The van der Waals surface area contributed by atoms with E-state index in [1.165, 1.54) is 14.0 Å². The third-order valence-corrected chi connectivity index (χ3v) is 11.9. The molecule has 5 aromatic rings. The molecule has 338 valence electrons. The molecule has 14 heteroatoms. The van der Waals surface area contributed by atoms with Gasteiger partial charge in [0.2, 0.25) is 0 Å². The van der Waals surface area contributed by atoms with E-state index >= 15 is 0 Å². The van der Waals surface area contributed by atoms with Crippen LogP contribution >= 0.6 is 0 Å². The maximum absolute atomic E-state index is 14.3. The van der Waals surface area contributed by atoms with Crippen molar-refractivity contribution < 1.29 is 61.8 Å². The van der Waals surface area contributed by atoms with Crippen LogP contribution in [0.4, 0.5) is 0 Å². The highest BCUT2D eigenvalue weighted by Gasteiger charge is 2.59. The lowest BCUT2D eigenvalue weighted by molar-refractivity contribution is -0.387. The van der Waals surface area contributed by atoms with E-state index in [9.17, 15) is 14.4 Å². The monoisotopic (exact) mass is 885 g/mol. The largest absolute Gasteiger partial charge is 0.454 e. The third-order valence-electron chi connectivity index (χ3n) is 11.9. The van der Waals surface area contributed by atoms with Crippen LogP contribution in [0.25, 0.3) is 0 Å². The van der Waals surface area contributed by atoms with Crippen LogP contribution in [0.2, 0.25) is 0 Å². The molecule has 2 amide bonds. The number of rotatable bonds is 16. The average Bonchev–Trinajstić information content (AvgIpc) is 3.59. The molecule has 14 nitrogen and oxygen atoms in total. The Kier molecular flexibility index (Phi) is 14.2. The van der Waals surface area contributed by atoms with Crippen molar-refractivity contribution in [2.45, 2.75) is 94.4 Å². The molecular weight excluding hydrogens is 835 g/mol. The minimum absolute atomic E-state index is 0.0463. The second-order valence-corrected chi connectivity index (χ2v) is 16.2.